The van der Waals surface area contributed by atoms with Gasteiger partial charge in [0.25, 0.3) is 0 Å². The first-order valence-corrected chi connectivity index (χ1v) is 8.33. The Bertz CT molecular complexity index is 825. The fourth-order valence-electron chi connectivity index (χ4n) is 2.56. The predicted octanol–water partition coefficient (Wildman–Crippen LogP) is 5.46. The van der Waals surface area contributed by atoms with Gasteiger partial charge in [0, 0.05) is 23.8 Å². The molecule has 23 heavy (non-hydrogen) atoms. The lowest BCUT2D eigenvalue weighted by Gasteiger charge is -2.20. The number of aromatic nitrogens is 2. The van der Waals surface area contributed by atoms with Crippen LogP contribution in [0.2, 0.25) is 10.0 Å². The number of nitrogens with zero attached hydrogens (tertiary/aromatic N) is 2. The molecule has 2 aromatic carbocycles. The third-order valence-corrected chi connectivity index (χ3v) is 4.33. The number of aromatic amines is 1. The van der Waals surface area contributed by atoms with E-state index in [1.807, 2.05) is 12.1 Å². The highest BCUT2D eigenvalue weighted by Crippen LogP contribution is 2.29. The molecule has 0 spiro atoms. The Kier molecular flexibility index (Phi) is 4.64. The monoisotopic (exact) mass is 348 g/mol. The quantitative estimate of drug-likeness (QED) is 0.643. The maximum Gasteiger partial charge on any atom is 0.205 e. The SMILES string of the molecule is CCN(CC)c1ccc2[nH]c(Nc3ccc(Cl)cc3Cl)nc2c1. The molecule has 0 aliphatic heterocycles. The van der Waals surface area contributed by atoms with Crippen LogP contribution < -0.4 is 10.2 Å². The Morgan fingerprint density at radius 1 is 1.09 bits per heavy atom. The van der Waals surface area contributed by atoms with Crippen LogP contribution in [-0.4, -0.2) is 23.1 Å². The van der Waals surface area contributed by atoms with Crippen molar-refractivity contribution in [2.45, 2.75) is 13.8 Å². The second-order valence-electron chi connectivity index (χ2n) is 5.21. The van der Waals surface area contributed by atoms with Gasteiger partial charge in [0.05, 0.1) is 21.7 Å². The van der Waals surface area contributed by atoms with Gasteiger partial charge in [-0.25, -0.2) is 4.98 Å². The summed E-state index contributed by atoms with van der Waals surface area (Å²) in [4.78, 5) is 10.1. The molecule has 0 aliphatic carbocycles. The van der Waals surface area contributed by atoms with Crippen molar-refractivity contribution in [1.29, 1.82) is 0 Å². The molecule has 0 unspecified atom stereocenters. The number of fused-ring (bicyclic) bond motifs is 1. The molecular formula is C17H18Cl2N4. The summed E-state index contributed by atoms with van der Waals surface area (Å²) < 4.78 is 0. The average molecular weight is 349 g/mol. The van der Waals surface area contributed by atoms with E-state index in [-0.39, 0.29) is 0 Å². The van der Waals surface area contributed by atoms with Gasteiger partial charge >= 0.3 is 0 Å². The highest BCUT2D eigenvalue weighted by Gasteiger charge is 2.08. The van der Waals surface area contributed by atoms with E-state index in [0.29, 0.717) is 16.0 Å². The summed E-state index contributed by atoms with van der Waals surface area (Å²) in [5.74, 6) is 0.654. The number of imidazole rings is 1. The summed E-state index contributed by atoms with van der Waals surface area (Å²) in [6, 6.07) is 11.6. The molecule has 2 N–H and O–H groups in total. The van der Waals surface area contributed by atoms with Gasteiger partial charge < -0.3 is 15.2 Å². The average Bonchev–Trinajstić information content (AvgIpc) is 2.93. The van der Waals surface area contributed by atoms with Crippen molar-refractivity contribution in [1.82, 2.24) is 9.97 Å². The van der Waals surface area contributed by atoms with Crippen molar-refractivity contribution in [3.05, 3.63) is 46.4 Å². The zero-order chi connectivity index (χ0) is 16.4. The second kappa shape index (κ2) is 6.69. The first-order chi connectivity index (χ1) is 11.1. The molecule has 0 bridgehead atoms. The van der Waals surface area contributed by atoms with Crippen molar-refractivity contribution in [2.75, 3.05) is 23.3 Å². The van der Waals surface area contributed by atoms with Gasteiger partial charge in [-0.3, -0.25) is 0 Å². The van der Waals surface area contributed by atoms with Gasteiger partial charge in [-0.05, 0) is 50.2 Å². The number of halogens is 2. The number of nitrogens with one attached hydrogen (secondary N) is 2. The maximum atomic E-state index is 6.19. The van der Waals surface area contributed by atoms with Crippen molar-refractivity contribution in [3.63, 3.8) is 0 Å². The molecule has 0 fully saturated rings. The number of hydrogen-bond acceptors (Lipinski definition) is 3. The molecule has 3 aromatic rings. The molecule has 4 nitrogen and oxygen atoms in total. The number of H-pyrrole nitrogens is 1. The van der Waals surface area contributed by atoms with Crippen LogP contribution in [0.5, 0.6) is 0 Å². The fourth-order valence-corrected chi connectivity index (χ4v) is 3.01. The van der Waals surface area contributed by atoms with Crippen molar-refractivity contribution in [2.24, 2.45) is 0 Å². The topological polar surface area (TPSA) is 44.0 Å². The Hall–Kier alpha value is -1.91. The van der Waals surface area contributed by atoms with E-state index in [9.17, 15) is 0 Å². The Morgan fingerprint density at radius 3 is 2.57 bits per heavy atom. The third kappa shape index (κ3) is 3.38. The molecule has 6 heteroatoms. The van der Waals surface area contributed by atoms with Gasteiger partial charge in [0.1, 0.15) is 0 Å². The molecule has 0 amide bonds. The number of anilines is 3. The molecule has 0 aliphatic rings. The summed E-state index contributed by atoms with van der Waals surface area (Å²) >= 11 is 12.1. The van der Waals surface area contributed by atoms with E-state index in [1.54, 1.807) is 12.1 Å². The Balaban J connectivity index is 1.90. The van der Waals surface area contributed by atoms with E-state index in [4.69, 9.17) is 23.2 Å². The van der Waals surface area contributed by atoms with Crippen molar-refractivity contribution < 1.29 is 0 Å². The van der Waals surface area contributed by atoms with Crippen molar-refractivity contribution >= 4 is 51.6 Å². The maximum absolute atomic E-state index is 6.19. The summed E-state index contributed by atoms with van der Waals surface area (Å²) in [7, 11) is 0. The van der Waals surface area contributed by atoms with E-state index in [0.717, 1.165) is 29.8 Å². The van der Waals surface area contributed by atoms with E-state index < -0.39 is 0 Å². The molecule has 1 aromatic heterocycles. The van der Waals surface area contributed by atoms with E-state index >= 15 is 0 Å². The van der Waals surface area contributed by atoms with E-state index in [2.05, 4.69) is 46.2 Å². The Morgan fingerprint density at radius 2 is 1.87 bits per heavy atom. The zero-order valence-electron chi connectivity index (χ0n) is 13.0. The molecule has 1 heterocycles. The molecule has 0 saturated heterocycles. The smallest absolute Gasteiger partial charge is 0.205 e. The summed E-state index contributed by atoms with van der Waals surface area (Å²) in [6.45, 7) is 6.23. The number of hydrogen-bond donors (Lipinski definition) is 2. The van der Waals surface area contributed by atoms with Crippen LogP contribution in [0.3, 0.4) is 0 Å². The van der Waals surface area contributed by atoms with Gasteiger partial charge in [-0.2, -0.15) is 0 Å². The Labute approximate surface area is 145 Å². The second-order valence-corrected chi connectivity index (χ2v) is 6.05. The standard InChI is InChI=1S/C17H18Cl2N4/c1-3-23(4-2)12-6-8-15-16(10-12)22-17(21-15)20-14-7-5-11(18)9-13(14)19/h5-10H,3-4H2,1-2H3,(H2,20,21,22). The normalized spacial score (nSPS) is 11.0. The van der Waals surface area contributed by atoms with Crippen LogP contribution in [0, 0.1) is 0 Å². The fraction of sp³-hybridized carbons (Fsp3) is 0.235. The number of rotatable bonds is 5. The third-order valence-electron chi connectivity index (χ3n) is 3.78. The van der Waals surface area contributed by atoms with Crippen LogP contribution in [0.15, 0.2) is 36.4 Å². The molecule has 0 saturated carbocycles. The summed E-state index contributed by atoms with van der Waals surface area (Å²) in [5, 5.41) is 4.36. The lowest BCUT2D eigenvalue weighted by Crippen LogP contribution is -2.21. The largest absolute Gasteiger partial charge is 0.372 e. The van der Waals surface area contributed by atoms with Crippen LogP contribution >= 0.6 is 23.2 Å². The van der Waals surface area contributed by atoms with Crippen LogP contribution in [0.25, 0.3) is 11.0 Å². The van der Waals surface area contributed by atoms with E-state index in [1.165, 1.54) is 5.69 Å². The molecule has 0 radical (unpaired) electrons. The van der Waals surface area contributed by atoms with Gasteiger partial charge in [-0.15, -0.1) is 0 Å². The molecule has 0 atom stereocenters. The predicted molar refractivity (Wildman–Crippen MR) is 99.4 cm³/mol. The molecular weight excluding hydrogens is 331 g/mol. The van der Waals surface area contributed by atoms with Crippen LogP contribution in [0.1, 0.15) is 13.8 Å². The minimum atomic E-state index is 0.557. The highest BCUT2D eigenvalue weighted by molar-refractivity contribution is 6.36. The minimum Gasteiger partial charge on any atom is -0.372 e. The zero-order valence-corrected chi connectivity index (χ0v) is 14.5. The van der Waals surface area contributed by atoms with Gasteiger partial charge in [0.2, 0.25) is 5.95 Å². The van der Waals surface area contributed by atoms with Crippen molar-refractivity contribution in [3.8, 4) is 0 Å². The lowest BCUT2D eigenvalue weighted by molar-refractivity contribution is 0.867. The van der Waals surface area contributed by atoms with Gasteiger partial charge in [-0.1, -0.05) is 23.2 Å². The summed E-state index contributed by atoms with van der Waals surface area (Å²) in [6.07, 6.45) is 0. The minimum absolute atomic E-state index is 0.557. The van der Waals surface area contributed by atoms with Crippen LogP contribution in [0.4, 0.5) is 17.3 Å². The number of benzene rings is 2. The first kappa shape index (κ1) is 16.0. The molecule has 3 rings (SSSR count). The first-order valence-electron chi connectivity index (χ1n) is 7.57. The van der Waals surface area contributed by atoms with Crippen LogP contribution in [-0.2, 0) is 0 Å². The van der Waals surface area contributed by atoms with Gasteiger partial charge in [0.15, 0.2) is 0 Å². The molecule has 120 valence electrons. The highest BCUT2D eigenvalue weighted by atomic mass is 35.5. The lowest BCUT2D eigenvalue weighted by atomic mass is 10.2. The summed E-state index contributed by atoms with van der Waals surface area (Å²) in [5.41, 5.74) is 3.83.